The Morgan fingerprint density at radius 2 is 2.14 bits per heavy atom. The average Bonchev–Trinajstić information content (AvgIpc) is 2.88. The lowest BCUT2D eigenvalue weighted by molar-refractivity contribution is 0.794. The molecule has 0 aliphatic heterocycles. The van der Waals surface area contributed by atoms with E-state index in [9.17, 15) is 0 Å². The topological polar surface area (TPSA) is 54.0 Å². The van der Waals surface area contributed by atoms with Crippen molar-refractivity contribution in [3.63, 3.8) is 0 Å². The molecule has 0 radical (unpaired) electrons. The Kier molecular flexibility index (Phi) is 6.23. The van der Waals surface area contributed by atoms with Crippen LogP contribution in [0.5, 0.6) is 0 Å². The highest BCUT2D eigenvalue weighted by Crippen LogP contribution is 2.28. The number of thioether (sulfide) groups is 3. The monoisotopic (exact) mass is 334 g/mol. The Balaban J connectivity index is 2.08. The first kappa shape index (κ1) is 16.0. The molecule has 0 bridgehead atoms. The standard InChI is InChI=1S/C14H14N4S3/c1-11-8-13(20-10-21-14(19-2)16-9-15)18(17-11)12-6-4-3-5-7-12/h3-8H,10H2,1-2H3. The third-order valence-corrected chi connectivity index (χ3v) is 5.67. The van der Waals surface area contributed by atoms with Crippen LogP contribution >= 0.6 is 35.3 Å². The summed E-state index contributed by atoms with van der Waals surface area (Å²) in [6.45, 7) is 1.99. The molecule has 21 heavy (non-hydrogen) atoms. The smallest absolute Gasteiger partial charge is 0.207 e. The zero-order chi connectivity index (χ0) is 15.1. The predicted molar refractivity (Wildman–Crippen MR) is 93.2 cm³/mol. The molecule has 1 aromatic carbocycles. The van der Waals surface area contributed by atoms with Crippen molar-refractivity contribution >= 4 is 39.7 Å². The van der Waals surface area contributed by atoms with Gasteiger partial charge in [-0.3, -0.25) is 0 Å². The van der Waals surface area contributed by atoms with Gasteiger partial charge in [-0.1, -0.05) is 41.7 Å². The zero-order valence-corrected chi connectivity index (χ0v) is 14.1. The number of para-hydroxylation sites is 1. The van der Waals surface area contributed by atoms with Gasteiger partial charge < -0.3 is 0 Å². The van der Waals surface area contributed by atoms with Crippen LogP contribution in [-0.2, 0) is 0 Å². The summed E-state index contributed by atoms with van der Waals surface area (Å²) >= 11 is 4.75. The lowest BCUT2D eigenvalue weighted by atomic mass is 10.3. The average molecular weight is 334 g/mol. The molecule has 0 saturated heterocycles. The maximum absolute atomic E-state index is 8.60. The fraction of sp³-hybridized carbons (Fsp3) is 0.214. The molecule has 0 fully saturated rings. The van der Waals surface area contributed by atoms with E-state index < -0.39 is 0 Å². The van der Waals surface area contributed by atoms with E-state index in [1.807, 2.05) is 54.4 Å². The summed E-state index contributed by atoms with van der Waals surface area (Å²) in [5.41, 5.74) is 2.04. The minimum Gasteiger partial charge on any atom is -0.227 e. The van der Waals surface area contributed by atoms with Crippen LogP contribution in [0.2, 0.25) is 0 Å². The second-order valence-electron chi connectivity index (χ2n) is 3.96. The fourth-order valence-corrected chi connectivity index (χ4v) is 4.44. The van der Waals surface area contributed by atoms with Gasteiger partial charge in [0.05, 0.1) is 16.5 Å². The zero-order valence-electron chi connectivity index (χ0n) is 11.7. The minimum absolute atomic E-state index is 0.785. The maximum Gasteiger partial charge on any atom is 0.207 e. The molecule has 4 nitrogen and oxygen atoms in total. The van der Waals surface area contributed by atoms with Crippen LogP contribution < -0.4 is 0 Å². The molecule has 2 rings (SSSR count). The van der Waals surface area contributed by atoms with E-state index in [0.29, 0.717) is 0 Å². The normalized spacial score (nSPS) is 11.4. The molecule has 2 aromatic rings. The Labute approximate surface area is 137 Å². The van der Waals surface area contributed by atoms with Crippen LogP contribution in [0.15, 0.2) is 46.4 Å². The number of benzene rings is 1. The van der Waals surface area contributed by atoms with Crippen LogP contribution in [0.3, 0.4) is 0 Å². The van der Waals surface area contributed by atoms with Gasteiger partial charge in [0.2, 0.25) is 6.19 Å². The van der Waals surface area contributed by atoms with Crippen molar-refractivity contribution in [2.45, 2.75) is 11.9 Å². The van der Waals surface area contributed by atoms with Crippen molar-refractivity contribution in [3.05, 3.63) is 42.1 Å². The van der Waals surface area contributed by atoms with E-state index in [2.05, 4.69) is 16.2 Å². The van der Waals surface area contributed by atoms with E-state index >= 15 is 0 Å². The molecule has 108 valence electrons. The number of hydrogen-bond donors (Lipinski definition) is 0. The first-order valence-electron chi connectivity index (χ1n) is 6.13. The van der Waals surface area contributed by atoms with E-state index in [0.717, 1.165) is 25.9 Å². The highest BCUT2D eigenvalue weighted by atomic mass is 32.2. The van der Waals surface area contributed by atoms with E-state index in [-0.39, 0.29) is 0 Å². The molecule has 7 heteroatoms. The van der Waals surface area contributed by atoms with Crippen LogP contribution in [0.25, 0.3) is 5.69 Å². The second-order valence-corrected chi connectivity index (χ2v) is 7.34. The Morgan fingerprint density at radius 1 is 1.38 bits per heavy atom. The molecule has 0 aliphatic rings. The van der Waals surface area contributed by atoms with Gasteiger partial charge in [-0.05, 0) is 31.4 Å². The molecule has 0 unspecified atom stereocenters. The number of aliphatic imine (C=N–C) groups is 1. The predicted octanol–water partition coefficient (Wildman–Crippen LogP) is 4.16. The third-order valence-electron chi connectivity index (χ3n) is 2.50. The summed E-state index contributed by atoms with van der Waals surface area (Å²) in [6, 6.07) is 12.1. The first-order chi connectivity index (χ1) is 10.2. The molecule has 0 aliphatic carbocycles. The summed E-state index contributed by atoms with van der Waals surface area (Å²) < 4.78 is 2.73. The van der Waals surface area contributed by atoms with E-state index in [4.69, 9.17) is 5.26 Å². The summed E-state index contributed by atoms with van der Waals surface area (Å²) in [6.07, 6.45) is 3.75. The van der Waals surface area contributed by atoms with E-state index in [1.54, 1.807) is 23.5 Å². The lowest BCUT2D eigenvalue weighted by Crippen LogP contribution is -1.98. The van der Waals surface area contributed by atoms with Gasteiger partial charge in [0.15, 0.2) is 0 Å². The second kappa shape index (κ2) is 8.17. The largest absolute Gasteiger partial charge is 0.227 e. The Bertz CT molecular complexity index is 659. The quantitative estimate of drug-likeness (QED) is 0.276. The highest BCUT2D eigenvalue weighted by molar-refractivity contribution is 8.41. The molecule has 0 amide bonds. The number of hydrogen-bond acceptors (Lipinski definition) is 6. The summed E-state index contributed by atoms with van der Waals surface area (Å²) in [7, 11) is 0. The van der Waals surface area contributed by atoms with Gasteiger partial charge in [-0.25, -0.2) is 4.68 Å². The van der Waals surface area contributed by atoms with Gasteiger partial charge >= 0.3 is 0 Å². The van der Waals surface area contributed by atoms with E-state index in [1.165, 1.54) is 11.8 Å². The summed E-state index contributed by atoms with van der Waals surface area (Å²) in [5.74, 6) is 0. The highest BCUT2D eigenvalue weighted by Gasteiger charge is 2.09. The molecule has 0 atom stereocenters. The molecular weight excluding hydrogens is 320 g/mol. The third kappa shape index (κ3) is 4.56. The fourth-order valence-electron chi connectivity index (χ4n) is 1.65. The van der Waals surface area contributed by atoms with Crippen LogP contribution in [-0.4, -0.2) is 25.5 Å². The van der Waals surface area contributed by atoms with Gasteiger partial charge in [-0.2, -0.15) is 15.4 Å². The number of aryl methyl sites for hydroxylation is 1. The maximum atomic E-state index is 8.60. The van der Waals surface area contributed by atoms with Crippen molar-refractivity contribution in [3.8, 4) is 11.9 Å². The van der Waals surface area contributed by atoms with Crippen molar-refractivity contribution < 1.29 is 0 Å². The molecule has 0 spiro atoms. The number of aromatic nitrogens is 2. The number of nitrogens with zero attached hydrogens (tertiary/aromatic N) is 4. The Hall–Kier alpha value is -1.36. The van der Waals surface area contributed by atoms with Crippen LogP contribution in [0.4, 0.5) is 0 Å². The van der Waals surface area contributed by atoms with Gasteiger partial charge in [-0.15, -0.1) is 11.8 Å². The van der Waals surface area contributed by atoms with Crippen molar-refractivity contribution in [2.24, 2.45) is 4.99 Å². The summed E-state index contributed by atoms with van der Waals surface area (Å²) in [5, 5.41) is 15.0. The molecule has 1 aromatic heterocycles. The molecule has 1 heterocycles. The van der Waals surface area contributed by atoms with Crippen molar-refractivity contribution in [1.82, 2.24) is 9.78 Å². The SMILES string of the molecule is CSC(=NC#N)SCSc1cc(C)nn1-c1ccccc1. The molecular formula is C14H14N4S3. The Morgan fingerprint density at radius 3 is 2.81 bits per heavy atom. The van der Waals surface area contributed by atoms with Crippen molar-refractivity contribution in [2.75, 3.05) is 11.3 Å². The lowest BCUT2D eigenvalue weighted by Gasteiger charge is -2.06. The number of rotatable bonds is 4. The van der Waals surface area contributed by atoms with Crippen LogP contribution in [0.1, 0.15) is 5.69 Å². The first-order valence-corrected chi connectivity index (χ1v) is 9.32. The molecule has 0 saturated carbocycles. The van der Waals surface area contributed by atoms with Crippen molar-refractivity contribution in [1.29, 1.82) is 5.26 Å². The van der Waals surface area contributed by atoms with Crippen LogP contribution in [0, 0.1) is 18.4 Å². The van der Waals surface area contributed by atoms with Gasteiger partial charge in [0.25, 0.3) is 0 Å². The summed E-state index contributed by atoms with van der Waals surface area (Å²) in [4.78, 5) is 3.77. The number of nitriles is 1. The van der Waals surface area contributed by atoms with Gasteiger partial charge in [0, 0.05) is 0 Å². The minimum atomic E-state index is 0.785. The van der Waals surface area contributed by atoms with Gasteiger partial charge in [0.1, 0.15) is 9.40 Å². The molecule has 0 N–H and O–H groups in total.